The number of carboxylic acids is 1. The number of carbonyl (C=O) groups is 1. The van der Waals surface area contributed by atoms with Gasteiger partial charge in [-0.2, -0.15) is 0 Å². The first-order valence-corrected chi connectivity index (χ1v) is 4.70. The Morgan fingerprint density at radius 1 is 1.40 bits per heavy atom. The molecule has 0 saturated heterocycles. The molecule has 0 heterocycles. The third-order valence-corrected chi connectivity index (χ3v) is 2.48. The minimum atomic E-state index is -1.35. The Hall–Kier alpha value is -1.39. The van der Waals surface area contributed by atoms with Gasteiger partial charge in [0.05, 0.1) is 0 Å². The number of carboxylic acid groups (broad SMARTS) is 1. The highest BCUT2D eigenvalue weighted by molar-refractivity contribution is 5.78. The molecule has 82 valence electrons. The molecule has 1 atom stereocenters. The first-order valence-electron chi connectivity index (χ1n) is 4.70. The predicted octanol–water partition coefficient (Wildman–Crippen LogP) is 0.530. The number of hydrogen-bond acceptors (Lipinski definition) is 3. The maximum atomic E-state index is 11.1. The summed E-state index contributed by atoms with van der Waals surface area (Å²) in [5.41, 5.74) is 5.41. The number of aliphatic carboxylic acids is 1. The molecule has 0 aliphatic carbocycles. The molecule has 15 heavy (non-hydrogen) atoms. The summed E-state index contributed by atoms with van der Waals surface area (Å²) < 4.78 is 0. The molecule has 0 fully saturated rings. The largest absolute Gasteiger partial charge is 0.479 e. The minimum Gasteiger partial charge on any atom is -0.479 e. The Morgan fingerprint density at radius 2 is 1.93 bits per heavy atom. The van der Waals surface area contributed by atoms with Crippen LogP contribution in [0.15, 0.2) is 30.3 Å². The van der Waals surface area contributed by atoms with Crippen molar-refractivity contribution < 1.29 is 9.90 Å². The van der Waals surface area contributed by atoms with Crippen LogP contribution in [0.4, 0.5) is 0 Å². The van der Waals surface area contributed by atoms with Gasteiger partial charge in [-0.3, -0.25) is 4.90 Å². The van der Waals surface area contributed by atoms with E-state index in [0.717, 1.165) is 5.56 Å². The molecule has 0 unspecified atom stereocenters. The van der Waals surface area contributed by atoms with Crippen LogP contribution < -0.4 is 5.73 Å². The van der Waals surface area contributed by atoms with Crippen LogP contribution in [0.5, 0.6) is 0 Å². The summed E-state index contributed by atoms with van der Waals surface area (Å²) in [6.45, 7) is 0. The second kappa shape index (κ2) is 4.42. The summed E-state index contributed by atoms with van der Waals surface area (Å²) >= 11 is 0. The van der Waals surface area contributed by atoms with Gasteiger partial charge in [0.15, 0.2) is 5.66 Å². The van der Waals surface area contributed by atoms with Crippen LogP contribution in [0.3, 0.4) is 0 Å². The van der Waals surface area contributed by atoms with E-state index in [1.807, 2.05) is 30.3 Å². The molecule has 0 aliphatic heterocycles. The van der Waals surface area contributed by atoms with E-state index in [0.29, 0.717) is 0 Å². The predicted molar refractivity (Wildman–Crippen MR) is 58.4 cm³/mol. The van der Waals surface area contributed by atoms with Crippen molar-refractivity contribution >= 4 is 5.97 Å². The summed E-state index contributed by atoms with van der Waals surface area (Å²) in [5.74, 6) is -1.02. The molecule has 1 aromatic carbocycles. The maximum absolute atomic E-state index is 11.1. The third kappa shape index (κ3) is 2.55. The number of nitrogens with zero attached hydrogens (tertiary/aromatic N) is 1. The molecular weight excluding hydrogens is 192 g/mol. The molecule has 0 amide bonds. The molecule has 4 heteroatoms. The first-order chi connectivity index (χ1) is 6.97. The van der Waals surface area contributed by atoms with Crippen molar-refractivity contribution in [1.82, 2.24) is 4.90 Å². The minimum absolute atomic E-state index is 0.288. The Morgan fingerprint density at radius 3 is 2.33 bits per heavy atom. The van der Waals surface area contributed by atoms with Gasteiger partial charge in [-0.25, -0.2) is 4.79 Å². The van der Waals surface area contributed by atoms with Gasteiger partial charge in [0.1, 0.15) is 0 Å². The van der Waals surface area contributed by atoms with E-state index >= 15 is 0 Å². The van der Waals surface area contributed by atoms with Gasteiger partial charge >= 0.3 is 5.97 Å². The molecule has 1 rings (SSSR count). The molecule has 1 aromatic rings. The normalized spacial score (nSPS) is 14.9. The van der Waals surface area contributed by atoms with Crippen LogP contribution in [0, 0.1) is 0 Å². The zero-order valence-corrected chi connectivity index (χ0v) is 8.97. The van der Waals surface area contributed by atoms with Gasteiger partial charge in [0, 0.05) is 6.42 Å². The number of hydrogen-bond donors (Lipinski definition) is 2. The van der Waals surface area contributed by atoms with Gasteiger partial charge in [-0.05, 0) is 19.7 Å². The second-order valence-corrected chi connectivity index (χ2v) is 3.79. The van der Waals surface area contributed by atoms with Crippen molar-refractivity contribution in [3.8, 4) is 0 Å². The second-order valence-electron chi connectivity index (χ2n) is 3.79. The van der Waals surface area contributed by atoms with Crippen molar-refractivity contribution in [2.75, 3.05) is 14.1 Å². The Bertz CT molecular complexity index is 338. The standard InChI is InChI=1S/C11H16N2O2/c1-13(2)11(12,10(14)15)8-9-6-4-3-5-7-9/h3-7H,8,12H2,1-2H3,(H,14,15)/t11-/m0/s1. The van der Waals surface area contributed by atoms with Crippen LogP contribution in [-0.2, 0) is 11.2 Å². The van der Waals surface area contributed by atoms with Gasteiger partial charge in [0.25, 0.3) is 0 Å². The smallest absolute Gasteiger partial charge is 0.339 e. The summed E-state index contributed by atoms with van der Waals surface area (Å²) in [6.07, 6.45) is 0.288. The summed E-state index contributed by atoms with van der Waals surface area (Å²) in [5, 5.41) is 9.10. The van der Waals surface area contributed by atoms with E-state index in [2.05, 4.69) is 0 Å². The summed E-state index contributed by atoms with van der Waals surface area (Å²) in [7, 11) is 3.33. The molecule has 0 bridgehead atoms. The quantitative estimate of drug-likeness (QED) is 0.708. The molecule has 4 nitrogen and oxygen atoms in total. The van der Waals surface area contributed by atoms with Crippen molar-refractivity contribution in [1.29, 1.82) is 0 Å². The monoisotopic (exact) mass is 208 g/mol. The highest BCUT2D eigenvalue weighted by Crippen LogP contribution is 2.13. The maximum Gasteiger partial charge on any atom is 0.339 e. The summed E-state index contributed by atoms with van der Waals surface area (Å²) in [4.78, 5) is 12.6. The van der Waals surface area contributed by atoms with Gasteiger partial charge in [-0.15, -0.1) is 0 Å². The van der Waals surface area contributed by atoms with Crippen LogP contribution >= 0.6 is 0 Å². The molecule has 0 spiro atoms. The lowest BCUT2D eigenvalue weighted by Crippen LogP contribution is -2.60. The average Bonchev–Trinajstić information content (AvgIpc) is 2.18. The van der Waals surface area contributed by atoms with Crippen LogP contribution in [0.1, 0.15) is 5.56 Å². The lowest BCUT2D eigenvalue weighted by Gasteiger charge is -2.31. The van der Waals surface area contributed by atoms with Gasteiger partial charge < -0.3 is 10.8 Å². The highest BCUT2D eigenvalue weighted by atomic mass is 16.4. The molecule has 0 saturated carbocycles. The Balaban J connectivity index is 2.90. The molecule has 0 radical (unpaired) electrons. The van der Waals surface area contributed by atoms with Crippen LogP contribution in [0.2, 0.25) is 0 Å². The summed E-state index contributed by atoms with van der Waals surface area (Å²) in [6, 6.07) is 9.36. The van der Waals surface area contributed by atoms with Gasteiger partial charge in [-0.1, -0.05) is 30.3 Å². The number of likely N-dealkylation sites (N-methyl/N-ethyl adjacent to an activating group) is 1. The van der Waals surface area contributed by atoms with Crippen molar-refractivity contribution in [2.24, 2.45) is 5.73 Å². The zero-order chi connectivity index (χ0) is 11.5. The number of rotatable bonds is 4. The fourth-order valence-electron chi connectivity index (χ4n) is 1.33. The van der Waals surface area contributed by atoms with E-state index in [4.69, 9.17) is 10.8 Å². The SMILES string of the molecule is CN(C)[C@@](N)(Cc1ccccc1)C(=O)O. The highest BCUT2D eigenvalue weighted by Gasteiger charge is 2.36. The zero-order valence-electron chi connectivity index (χ0n) is 8.97. The number of benzene rings is 1. The molecular formula is C11H16N2O2. The van der Waals surface area contributed by atoms with E-state index in [-0.39, 0.29) is 6.42 Å². The first kappa shape index (κ1) is 11.7. The van der Waals surface area contributed by atoms with Crippen molar-refractivity contribution in [3.63, 3.8) is 0 Å². The topological polar surface area (TPSA) is 66.6 Å². The molecule has 0 aromatic heterocycles. The van der Waals surface area contributed by atoms with E-state index in [9.17, 15) is 4.79 Å². The average molecular weight is 208 g/mol. The van der Waals surface area contributed by atoms with E-state index in [1.165, 1.54) is 4.90 Å². The fraction of sp³-hybridized carbons (Fsp3) is 0.364. The Labute approximate surface area is 89.3 Å². The van der Waals surface area contributed by atoms with Crippen LogP contribution in [-0.4, -0.2) is 35.7 Å². The Kier molecular flexibility index (Phi) is 3.44. The lowest BCUT2D eigenvalue weighted by atomic mass is 9.99. The van der Waals surface area contributed by atoms with Crippen molar-refractivity contribution in [2.45, 2.75) is 12.1 Å². The van der Waals surface area contributed by atoms with Crippen molar-refractivity contribution in [3.05, 3.63) is 35.9 Å². The fourth-order valence-corrected chi connectivity index (χ4v) is 1.33. The number of nitrogens with two attached hydrogens (primary N) is 1. The lowest BCUT2D eigenvalue weighted by molar-refractivity contribution is -0.149. The van der Waals surface area contributed by atoms with E-state index < -0.39 is 11.6 Å². The van der Waals surface area contributed by atoms with Gasteiger partial charge in [0.2, 0.25) is 0 Å². The third-order valence-electron chi connectivity index (χ3n) is 2.48. The molecule has 0 aliphatic rings. The molecule has 3 N–H and O–H groups in total. The van der Waals surface area contributed by atoms with E-state index in [1.54, 1.807) is 14.1 Å². The van der Waals surface area contributed by atoms with Crippen LogP contribution in [0.25, 0.3) is 0 Å².